The molecule has 0 unspecified atom stereocenters. The molecule has 0 aliphatic heterocycles. The molecule has 0 aliphatic carbocycles. The summed E-state index contributed by atoms with van der Waals surface area (Å²) >= 11 is 0. The summed E-state index contributed by atoms with van der Waals surface area (Å²) in [5.74, 6) is 0. The Hall–Kier alpha value is 1.07. The topological polar surface area (TPSA) is 90.8 Å². The molecule has 0 radical (unpaired) electrons. The Kier molecular flexibility index (Phi) is 13.2. The molecule has 0 heterocycles. The fourth-order valence-corrected chi connectivity index (χ4v) is 0.224. The van der Waals surface area contributed by atoms with E-state index >= 15 is 0 Å². The van der Waals surface area contributed by atoms with E-state index in [1.165, 1.54) is 0 Å². The van der Waals surface area contributed by atoms with Crippen LogP contribution in [0, 0.1) is 0 Å². The summed E-state index contributed by atoms with van der Waals surface area (Å²) in [6, 6.07) is 0. The van der Waals surface area contributed by atoms with Gasteiger partial charge in [0.15, 0.2) is 0 Å². The van der Waals surface area contributed by atoms with Crippen LogP contribution in [0.1, 0.15) is 1.43 Å². The van der Waals surface area contributed by atoms with Crippen LogP contribution in [0.4, 0.5) is 0 Å². The molecular weight excluding hydrogens is 156 g/mol. The Morgan fingerprint density at radius 3 is 1.67 bits per heavy atom. The van der Waals surface area contributed by atoms with Crippen LogP contribution in [-0.2, 0) is 13.6 Å². The van der Waals surface area contributed by atoms with Crippen LogP contribution >= 0.6 is 7.82 Å². The third-order valence-electron chi connectivity index (χ3n) is 0.461. The molecule has 0 saturated carbocycles. The van der Waals surface area contributed by atoms with Crippen LogP contribution in [-0.4, -0.2) is 19.1 Å². The summed E-state index contributed by atoms with van der Waals surface area (Å²) in [7, 11) is -1.45. The quantitative estimate of drug-likeness (QED) is 0.355. The average molecular weight is 167 g/mol. The minimum Gasteiger partial charge on any atom is -1.00 e. The minimum atomic E-state index is -3.65. The standard InChI is InChI=1S/C2H7O4P.H3N.Na.H/c1-5-7(3,4)6-2;;;/h1-2H3,(H,3,4);1H3;;/q;;+1;-1. The predicted octanol–water partition coefficient (Wildman–Crippen LogP) is -2.34. The molecule has 0 aromatic heterocycles. The summed E-state index contributed by atoms with van der Waals surface area (Å²) in [5.41, 5.74) is 0. The van der Waals surface area contributed by atoms with Crippen molar-refractivity contribution >= 4 is 7.82 Å². The summed E-state index contributed by atoms with van der Waals surface area (Å²) in [5, 5.41) is 0. The average Bonchev–Trinajstić information content (AvgIpc) is 1.68. The van der Waals surface area contributed by atoms with Gasteiger partial charge in [0.1, 0.15) is 0 Å². The van der Waals surface area contributed by atoms with Crippen LogP contribution in [0.3, 0.4) is 0 Å². The largest absolute Gasteiger partial charge is 1.00 e. The molecule has 0 amide bonds. The van der Waals surface area contributed by atoms with Crippen molar-refractivity contribution in [2.45, 2.75) is 0 Å². The second kappa shape index (κ2) is 7.18. The molecule has 4 N–H and O–H groups in total. The van der Waals surface area contributed by atoms with Gasteiger partial charge in [-0.2, -0.15) is 0 Å². The normalized spacial score (nSPS) is 9.22. The Bertz CT molecular complexity index is 95.3. The van der Waals surface area contributed by atoms with Crippen LogP contribution in [0.5, 0.6) is 0 Å². The summed E-state index contributed by atoms with van der Waals surface area (Å²) < 4.78 is 18.0. The number of hydrogen-bond donors (Lipinski definition) is 2. The van der Waals surface area contributed by atoms with E-state index in [2.05, 4.69) is 9.05 Å². The van der Waals surface area contributed by atoms with E-state index in [0.717, 1.165) is 14.2 Å². The van der Waals surface area contributed by atoms with Crippen molar-refractivity contribution in [2.24, 2.45) is 0 Å². The summed E-state index contributed by atoms with van der Waals surface area (Å²) in [6.45, 7) is 0. The van der Waals surface area contributed by atoms with E-state index in [9.17, 15) is 4.57 Å². The van der Waals surface area contributed by atoms with Gasteiger partial charge in [-0.05, 0) is 0 Å². The first-order chi connectivity index (χ1) is 3.12. The molecule has 5 nitrogen and oxygen atoms in total. The van der Waals surface area contributed by atoms with Gasteiger partial charge in [0, 0.05) is 14.2 Å². The number of hydrogen-bond acceptors (Lipinski definition) is 4. The Morgan fingerprint density at radius 2 is 1.67 bits per heavy atom. The SMILES string of the molecule is COP(=O)(O)OC.N.[H-].[Na+]. The fraction of sp³-hybridized carbons (Fsp3) is 1.00. The van der Waals surface area contributed by atoms with Gasteiger partial charge in [-0.15, -0.1) is 0 Å². The molecule has 0 bridgehead atoms. The maximum Gasteiger partial charge on any atom is 1.00 e. The number of phosphoric acid groups is 1. The van der Waals surface area contributed by atoms with Gasteiger partial charge in [0.05, 0.1) is 0 Å². The van der Waals surface area contributed by atoms with Crippen molar-refractivity contribution in [3.8, 4) is 0 Å². The molecule has 0 saturated heterocycles. The second-order valence-corrected chi connectivity index (χ2v) is 2.50. The molecule has 0 aromatic carbocycles. The Balaban J connectivity index is -0.0000000600. The maximum atomic E-state index is 10.1. The van der Waals surface area contributed by atoms with E-state index in [-0.39, 0.29) is 37.1 Å². The molecule has 0 rings (SSSR count). The van der Waals surface area contributed by atoms with Crippen LogP contribution in [0.2, 0.25) is 0 Å². The zero-order valence-electron chi connectivity index (χ0n) is 6.83. The van der Waals surface area contributed by atoms with Crippen LogP contribution in [0.25, 0.3) is 0 Å². The third-order valence-corrected chi connectivity index (χ3v) is 1.38. The maximum absolute atomic E-state index is 10.1. The Morgan fingerprint density at radius 1 is 1.44 bits per heavy atom. The van der Waals surface area contributed by atoms with E-state index in [0.29, 0.717) is 0 Å². The van der Waals surface area contributed by atoms with E-state index < -0.39 is 7.82 Å². The molecule has 9 heavy (non-hydrogen) atoms. The van der Waals surface area contributed by atoms with Crippen molar-refractivity contribution in [3.05, 3.63) is 0 Å². The molecule has 0 atom stereocenters. The Labute approximate surface area is 77.7 Å². The van der Waals surface area contributed by atoms with E-state index in [1.54, 1.807) is 0 Å². The van der Waals surface area contributed by atoms with E-state index in [1.807, 2.05) is 0 Å². The van der Waals surface area contributed by atoms with Crippen molar-refractivity contribution in [1.82, 2.24) is 6.15 Å². The number of phosphoric ester groups is 1. The van der Waals surface area contributed by atoms with Gasteiger partial charge in [0.25, 0.3) is 0 Å². The molecule has 0 spiro atoms. The van der Waals surface area contributed by atoms with Crippen molar-refractivity contribution in [1.29, 1.82) is 0 Å². The fourth-order valence-electron chi connectivity index (χ4n) is 0.0745. The van der Waals surface area contributed by atoms with Crippen LogP contribution < -0.4 is 35.7 Å². The second-order valence-electron chi connectivity index (χ2n) is 0.834. The smallest absolute Gasteiger partial charge is 1.00 e. The first kappa shape index (κ1) is 16.6. The molecule has 54 valence electrons. The van der Waals surface area contributed by atoms with Gasteiger partial charge < -0.3 is 12.5 Å². The van der Waals surface area contributed by atoms with Crippen LogP contribution in [0.15, 0.2) is 0 Å². The van der Waals surface area contributed by atoms with Gasteiger partial charge >= 0.3 is 37.4 Å². The van der Waals surface area contributed by atoms with Crippen molar-refractivity contribution in [2.75, 3.05) is 14.2 Å². The van der Waals surface area contributed by atoms with Gasteiger partial charge in [-0.25, -0.2) is 4.57 Å². The van der Waals surface area contributed by atoms with Gasteiger partial charge in [-0.3, -0.25) is 9.05 Å². The van der Waals surface area contributed by atoms with Gasteiger partial charge in [0.2, 0.25) is 0 Å². The van der Waals surface area contributed by atoms with Gasteiger partial charge in [-0.1, -0.05) is 0 Å². The summed E-state index contributed by atoms with van der Waals surface area (Å²) in [4.78, 5) is 8.24. The predicted molar refractivity (Wildman–Crippen MR) is 30.0 cm³/mol. The minimum absolute atomic E-state index is 0. The monoisotopic (exact) mass is 167 g/mol. The number of rotatable bonds is 2. The third kappa shape index (κ3) is 9.07. The zero-order valence-corrected chi connectivity index (χ0v) is 8.72. The summed E-state index contributed by atoms with van der Waals surface area (Å²) in [6.07, 6.45) is 0. The first-order valence-corrected chi connectivity index (χ1v) is 3.06. The molecule has 7 heteroatoms. The molecule has 0 aromatic rings. The van der Waals surface area contributed by atoms with Crippen molar-refractivity contribution in [3.63, 3.8) is 0 Å². The first-order valence-electron chi connectivity index (χ1n) is 1.56. The molecular formula is C2H11NNaO4P. The zero-order chi connectivity index (χ0) is 5.91. The molecule has 0 fully saturated rings. The van der Waals surface area contributed by atoms with Crippen molar-refractivity contribution < 1.29 is 49.5 Å². The van der Waals surface area contributed by atoms with E-state index in [4.69, 9.17) is 4.89 Å². The molecule has 0 aliphatic rings.